The second-order valence-corrected chi connectivity index (χ2v) is 6.81. The molecule has 4 rings (SSSR count). The highest BCUT2D eigenvalue weighted by atomic mass is 16.5. The van der Waals surface area contributed by atoms with Crippen molar-refractivity contribution in [3.63, 3.8) is 0 Å². The quantitative estimate of drug-likeness (QED) is 0.683. The van der Waals surface area contributed by atoms with Crippen LogP contribution in [0.4, 0.5) is 0 Å². The number of rotatable bonds is 6. The van der Waals surface area contributed by atoms with Crippen LogP contribution in [-0.2, 0) is 11.3 Å². The summed E-state index contributed by atoms with van der Waals surface area (Å²) in [5.41, 5.74) is 3.39. The van der Waals surface area contributed by atoms with E-state index >= 15 is 0 Å². The number of hydrogen-bond acceptors (Lipinski definition) is 5. The summed E-state index contributed by atoms with van der Waals surface area (Å²) < 4.78 is 13.7. The number of imidazole rings is 1. The standard InChI is InChI=1S/C20H24N4O2/c1-15-5-4-8-24-17(10-22-20(15)24)12-23-13-19(25-2)9-16(23)14-26-18-6-3-7-21-11-18/h3-8,10-11,16,19H,9,12-14H2,1-2H3/t16-,19+/m0/s1. The zero-order valence-electron chi connectivity index (χ0n) is 15.2. The van der Waals surface area contributed by atoms with Gasteiger partial charge < -0.3 is 13.9 Å². The summed E-state index contributed by atoms with van der Waals surface area (Å²) in [6.45, 7) is 4.44. The van der Waals surface area contributed by atoms with Crippen molar-refractivity contribution in [1.82, 2.24) is 19.3 Å². The van der Waals surface area contributed by atoms with E-state index in [2.05, 4.69) is 44.5 Å². The fourth-order valence-electron chi connectivity index (χ4n) is 3.63. The van der Waals surface area contributed by atoms with Crippen molar-refractivity contribution in [3.8, 4) is 5.75 Å². The van der Waals surface area contributed by atoms with Crippen molar-refractivity contribution in [2.24, 2.45) is 0 Å². The van der Waals surface area contributed by atoms with Crippen LogP contribution in [0.15, 0.2) is 49.1 Å². The zero-order chi connectivity index (χ0) is 17.9. The summed E-state index contributed by atoms with van der Waals surface area (Å²) in [5.74, 6) is 0.804. The topological polar surface area (TPSA) is 51.9 Å². The van der Waals surface area contributed by atoms with Gasteiger partial charge in [-0.25, -0.2) is 4.98 Å². The molecule has 0 spiro atoms. The Morgan fingerprint density at radius 2 is 2.15 bits per heavy atom. The number of methoxy groups -OCH3 is 1. The van der Waals surface area contributed by atoms with Gasteiger partial charge in [-0.3, -0.25) is 9.88 Å². The van der Waals surface area contributed by atoms with E-state index in [1.165, 1.54) is 11.3 Å². The molecule has 0 unspecified atom stereocenters. The van der Waals surface area contributed by atoms with Crippen molar-refractivity contribution >= 4 is 5.65 Å². The summed E-state index contributed by atoms with van der Waals surface area (Å²) in [5, 5.41) is 0. The van der Waals surface area contributed by atoms with E-state index < -0.39 is 0 Å². The van der Waals surface area contributed by atoms with Crippen molar-refractivity contribution in [1.29, 1.82) is 0 Å². The maximum atomic E-state index is 5.96. The van der Waals surface area contributed by atoms with E-state index in [1.54, 1.807) is 19.5 Å². The monoisotopic (exact) mass is 352 g/mol. The second-order valence-electron chi connectivity index (χ2n) is 6.81. The number of aromatic nitrogens is 3. The van der Waals surface area contributed by atoms with Crippen LogP contribution in [0.1, 0.15) is 17.7 Å². The van der Waals surface area contributed by atoms with E-state index in [1.807, 2.05) is 18.3 Å². The molecule has 1 aliphatic rings. The van der Waals surface area contributed by atoms with Crippen LogP contribution in [0, 0.1) is 6.92 Å². The number of ether oxygens (including phenoxy) is 2. The summed E-state index contributed by atoms with van der Waals surface area (Å²) in [6.07, 6.45) is 8.75. The minimum absolute atomic E-state index is 0.235. The Hall–Kier alpha value is -2.44. The number of hydrogen-bond donors (Lipinski definition) is 0. The minimum Gasteiger partial charge on any atom is -0.490 e. The first-order valence-corrected chi connectivity index (χ1v) is 8.96. The highest BCUT2D eigenvalue weighted by molar-refractivity contribution is 5.48. The summed E-state index contributed by atoms with van der Waals surface area (Å²) in [4.78, 5) is 11.1. The third-order valence-corrected chi connectivity index (χ3v) is 5.07. The van der Waals surface area contributed by atoms with E-state index in [0.717, 1.165) is 30.9 Å². The molecule has 3 aromatic heterocycles. The molecule has 1 aliphatic heterocycles. The van der Waals surface area contributed by atoms with Crippen molar-refractivity contribution < 1.29 is 9.47 Å². The van der Waals surface area contributed by atoms with Crippen LogP contribution < -0.4 is 4.74 Å². The number of aryl methyl sites for hydroxylation is 1. The number of likely N-dealkylation sites (tertiary alicyclic amines) is 1. The maximum absolute atomic E-state index is 5.96. The second kappa shape index (κ2) is 7.43. The van der Waals surface area contributed by atoms with Crippen molar-refractivity contribution in [3.05, 3.63) is 60.3 Å². The summed E-state index contributed by atoms with van der Waals surface area (Å²) in [7, 11) is 1.78. The third kappa shape index (κ3) is 3.43. The first-order chi connectivity index (χ1) is 12.7. The normalized spacial score (nSPS) is 20.7. The Morgan fingerprint density at radius 1 is 1.23 bits per heavy atom. The van der Waals surface area contributed by atoms with Crippen LogP contribution in [0.5, 0.6) is 5.75 Å². The zero-order valence-corrected chi connectivity index (χ0v) is 15.2. The van der Waals surface area contributed by atoms with Crippen LogP contribution in [0.3, 0.4) is 0 Å². The SMILES string of the molecule is CO[C@@H]1C[C@@H](COc2cccnc2)N(Cc2cnc3c(C)cccn23)C1. The average Bonchev–Trinajstić information content (AvgIpc) is 3.26. The molecule has 0 amide bonds. The minimum atomic E-state index is 0.235. The van der Waals surface area contributed by atoms with Gasteiger partial charge in [0.05, 0.1) is 24.2 Å². The van der Waals surface area contributed by atoms with Gasteiger partial charge in [0.2, 0.25) is 0 Å². The molecule has 26 heavy (non-hydrogen) atoms. The molecule has 3 aromatic rings. The number of nitrogens with zero attached hydrogens (tertiary/aromatic N) is 4. The summed E-state index contributed by atoms with van der Waals surface area (Å²) in [6, 6.07) is 8.29. The molecule has 4 heterocycles. The van der Waals surface area contributed by atoms with E-state index in [4.69, 9.17) is 9.47 Å². The summed E-state index contributed by atoms with van der Waals surface area (Å²) >= 11 is 0. The molecule has 0 aliphatic carbocycles. The molecule has 2 atom stereocenters. The maximum Gasteiger partial charge on any atom is 0.139 e. The lowest BCUT2D eigenvalue weighted by Crippen LogP contribution is -2.34. The first kappa shape index (κ1) is 17.0. The third-order valence-electron chi connectivity index (χ3n) is 5.07. The smallest absolute Gasteiger partial charge is 0.139 e. The van der Waals surface area contributed by atoms with Crippen LogP contribution in [0.25, 0.3) is 5.65 Å². The molecule has 1 fully saturated rings. The van der Waals surface area contributed by atoms with Gasteiger partial charge in [0.15, 0.2) is 0 Å². The van der Waals surface area contributed by atoms with Gasteiger partial charge in [-0.15, -0.1) is 0 Å². The van der Waals surface area contributed by atoms with E-state index in [0.29, 0.717) is 12.6 Å². The van der Waals surface area contributed by atoms with Crippen LogP contribution in [0.2, 0.25) is 0 Å². The molecule has 0 saturated carbocycles. The van der Waals surface area contributed by atoms with Gasteiger partial charge in [-0.05, 0) is 37.1 Å². The van der Waals surface area contributed by atoms with Crippen molar-refractivity contribution in [2.45, 2.75) is 32.0 Å². The van der Waals surface area contributed by atoms with Gasteiger partial charge in [-0.2, -0.15) is 0 Å². The van der Waals surface area contributed by atoms with Crippen molar-refractivity contribution in [2.75, 3.05) is 20.3 Å². The first-order valence-electron chi connectivity index (χ1n) is 8.96. The lowest BCUT2D eigenvalue weighted by Gasteiger charge is -2.24. The molecule has 0 aromatic carbocycles. The molecule has 0 radical (unpaired) electrons. The predicted molar refractivity (Wildman–Crippen MR) is 99.3 cm³/mol. The molecule has 0 N–H and O–H groups in total. The molecule has 6 nitrogen and oxygen atoms in total. The van der Waals surface area contributed by atoms with Crippen LogP contribution >= 0.6 is 0 Å². The Kier molecular flexibility index (Phi) is 4.86. The van der Waals surface area contributed by atoms with Gasteiger partial charge >= 0.3 is 0 Å². The fourth-order valence-corrected chi connectivity index (χ4v) is 3.63. The Balaban J connectivity index is 1.49. The van der Waals surface area contributed by atoms with E-state index in [9.17, 15) is 0 Å². The predicted octanol–water partition coefficient (Wildman–Crippen LogP) is 2.71. The lowest BCUT2D eigenvalue weighted by atomic mass is 10.2. The molecule has 136 valence electrons. The largest absolute Gasteiger partial charge is 0.490 e. The highest BCUT2D eigenvalue weighted by Crippen LogP contribution is 2.24. The fraction of sp³-hybridized carbons (Fsp3) is 0.400. The Bertz CT molecular complexity index is 865. The Morgan fingerprint density at radius 3 is 2.96 bits per heavy atom. The van der Waals surface area contributed by atoms with Crippen LogP contribution in [-0.4, -0.2) is 51.7 Å². The molecular formula is C20H24N4O2. The van der Waals surface area contributed by atoms with Gasteiger partial charge in [0, 0.05) is 38.6 Å². The van der Waals surface area contributed by atoms with Gasteiger partial charge in [0.1, 0.15) is 18.0 Å². The highest BCUT2D eigenvalue weighted by Gasteiger charge is 2.33. The number of fused-ring (bicyclic) bond motifs is 1. The van der Waals surface area contributed by atoms with Gasteiger partial charge in [-0.1, -0.05) is 6.07 Å². The number of pyridine rings is 2. The molecular weight excluding hydrogens is 328 g/mol. The average molecular weight is 352 g/mol. The lowest BCUT2D eigenvalue weighted by molar-refractivity contribution is 0.107. The van der Waals surface area contributed by atoms with E-state index in [-0.39, 0.29) is 6.10 Å². The Labute approximate surface area is 153 Å². The molecule has 6 heteroatoms. The molecule has 0 bridgehead atoms. The van der Waals surface area contributed by atoms with Gasteiger partial charge in [0.25, 0.3) is 0 Å². The molecule has 1 saturated heterocycles.